The first-order chi connectivity index (χ1) is 10.1. The van der Waals surface area contributed by atoms with Crippen molar-refractivity contribution in [3.8, 4) is 0 Å². The largest absolute Gasteiger partial charge is 0.323 e. The van der Waals surface area contributed by atoms with E-state index in [-0.39, 0.29) is 22.4 Å². The van der Waals surface area contributed by atoms with Crippen LogP contribution in [0.4, 0.5) is 10.1 Å². The Labute approximate surface area is 136 Å². The van der Waals surface area contributed by atoms with Crippen LogP contribution in [0.3, 0.4) is 0 Å². The van der Waals surface area contributed by atoms with Gasteiger partial charge in [-0.3, -0.25) is 4.79 Å². The van der Waals surface area contributed by atoms with E-state index >= 15 is 0 Å². The van der Waals surface area contributed by atoms with Gasteiger partial charge < -0.3 is 5.32 Å². The zero-order valence-corrected chi connectivity index (χ0v) is 13.2. The standard InChI is InChI=1S/C15H12Cl2FNOS/c16-11-5-2-1-4-10(11)8-21-9-14(20)19-13-7-3-6-12(17)15(13)18/h1-7H,8-9H2,(H,19,20). The molecule has 1 amide bonds. The van der Waals surface area contributed by atoms with Gasteiger partial charge >= 0.3 is 0 Å². The van der Waals surface area contributed by atoms with E-state index in [0.29, 0.717) is 10.8 Å². The molecular weight excluding hydrogens is 332 g/mol. The van der Waals surface area contributed by atoms with Crippen molar-refractivity contribution in [3.05, 3.63) is 63.9 Å². The van der Waals surface area contributed by atoms with Gasteiger partial charge in [0.25, 0.3) is 0 Å². The Morgan fingerprint density at radius 2 is 1.81 bits per heavy atom. The van der Waals surface area contributed by atoms with Crippen molar-refractivity contribution < 1.29 is 9.18 Å². The van der Waals surface area contributed by atoms with Crippen molar-refractivity contribution in [3.63, 3.8) is 0 Å². The van der Waals surface area contributed by atoms with Gasteiger partial charge in [-0.05, 0) is 23.8 Å². The lowest BCUT2D eigenvalue weighted by Gasteiger charge is -2.07. The average Bonchev–Trinajstić information content (AvgIpc) is 2.46. The van der Waals surface area contributed by atoms with Gasteiger partial charge in [0.2, 0.25) is 5.91 Å². The SMILES string of the molecule is O=C(CSCc1ccccc1Cl)Nc1cccc(Cl)c1F. The van der Waals surface area contributed by atoms with Crippen LogP contribution in [0, 0.1) is 5.82 Å². The van der Waals surface area contributed by atoms with Crippen LogP contribution in [-0.2, 0) is 10.5 Å². The fourth-order valence-corrected chi connectivity index (χ4v) is 2.94. The molecule has 0 heterocycles. The lowest BCUT2D eigenvalue weighted by Crippen LogP contribution is -2.15. The minimum Gasteiger partial charge on any atom is -0.323 e. The van der Waals surface area contributed by atoms with Gasteiger partial charge in [0.1, 0.15) is 0 Å². The fraction of sp³-hybridized carbons (Fsp3) is 0.133. The van der Waals surface area contributed by atoms with Crippen molar-refractivity contribution in [2.45, 2.75) is 5.75 Å². The van der Waals surface area contributed by atoms with Crippen LogP contribution < -0.4 is 5.32 Å². The van der Waals surface area contributed by atoms with Crippen molar-refractivity contribution in [2.75, 3.05) is 11.1 Å². The maximum absolute atomic E-state index is 13.6. The summed E-state index contributed by atoms with van der Waals surface area (Å²) >= 11 is 13.1. The molecule has 2 rings (SSSR count). The summed E-state index contributed by atoms with van der Waals surface area (Å²) in [4.78, 5) is 11.8. The topological polar surface area (TPSA) is 29.1 Å². The number of amides is 1. The van der Waals surface area contributed by atoms with Crippen LogP contribution in [-0.4, -0.2) is 11.7 Å². The number of carbonyl (C=O) groups is 1. The molecule has 2 aromatic rings. The summed E-state index contributed by atoms with van der Waals surface area (Å²) in [6.45, 7) is 0. The van der Waals surface area contributed by atoms with Crippen LogP contribution in [0.5, 0.6) is 0 Å². The highest BCUT2D eigenvalue weighted by Crippen LogP contribution is 2.23. The monoisotopic (exact) mass is 343 g/mol. The molecule has 6 heteroatoms. The van der Waals surface area contributed by atoms with E-state index < -0.39 is 5.82 Å². The van der Waals surface area contributed by atoms with Crippen LogP contribution in [0.2, 0.25) is 10.0 Å². The van der Waals surface area contributed by atoms with E-state index in [2.05, 4.69) is 5.32 Å². The number of benzene rings is 2. The number of hydrogen-bond donors (Lipinski definition) is 1. The Morgan fingerprint density at radius 1 is 1.10 bits per heavy atom. The van der Waals surface area contributed by atoms with E-state index in [0.717, 1.165) is 5.56 Å². The average molecular weight is 344 g/mol. The number of halogens is 3. The minimum absolute atomic E-state index is 0.0171. The van der Waals surface area contributed by atoms with Crippen LogP contribution in [0.1, 0.15) is 5.56 Å². The normalized spacial score (nSPS) is 10.4. The molecule has 0 atom stereocenters. The summed E-state index contributed by atoms with van der Waals surface area (Å²) in [6, 6.07) is 11.9. The van der Waals surface area contributed by atoms with Crippen LogP contribution in [0.25, 0.3) is 0 Å². The summed E-state index contributed by atoms with van der Waals surface area (Å²) in [5.41, 5.74) is 1.05. The predicted molar refractivity (Wildman–Crippen MR) is 87.7 cm³/mol. The zero-order chi connectivity index (χ0) is 15.2. The second-order valence-corrected chi connectivity index (χ2v) is 6.03. The van der Waals surface area contributed by atoms with E-state index in [9.17, 15) is 9.18 Å². The van der Waals surface area contributed by atoms with Crippen LogP contribution in [0.15, 0.2) is 42.5 Å². The quantitative estimate of drug-likeness (QED) is 0.827. The van der Waals surface area contributed by atoms with Crippen LogP contribution >= 0.6 is 35.0 Å². The van der Waals surface area contributed by atoms with Gasteiger partial charge in [-0.15, -0.1) is 11.8 Å². The Balaban J connectivity index is 1.85. The maximum Gasteiger partial charge on any atom is 0.234 e. The van der Waals surface area contributed by atoms with E-state index in [1.807, 2.05) is 18.2 Å². The Hall–Kier alpha value is -1.23. The zero-order valence-electron chi connectivity index (χ0n) is 10.9. The molecule has 0 radical (unpaired) electrons. The van der Waals surface area contributed by atoms with Gasteiger partial charge in [-0.25, -0.2) is 4.39 Å². The first-order valence-electron chi connectivity index (χ1n) is 6.13. The van der Waals surface area contributed by atoms with Gasteiger partial charge in [0, 0.05) is 10.8 Å². The maximum atomic E-state index is 13.6. The molecule has 1 N–H and O–H groups in total. The molecule has 0 bridgehead atoms. The molecule has 0 saturated carbocycles. The summed E-state index contributed by atoms with van der Waals surface area (Å²) in [7, 11) is 0. The number of rotatable bonds is 5. The molecular formula is C15H12Cl2FNOS. The Morgan fingerprint density at radius 3 is 2.57 bits per heavy atom. The molecule has 0 aliphatic carbocycles. The molecule has 0 fully saturated rings. The van der Waals surface area contributed by atoms with E-state index in [1.165, 1.54) is 23.9 Å². The predicted octanol–water partition coefficient (Wildman–Crippen LogP) is 5.00. The third-order valence-electron chi connectivity index (χ3n) is 2.67. The first-order valence-corrected chi connectivity index (χ1v) is 8.04. The molecule has 110 valence electrons. The molecule has 2 aromatic carbocycles. The summed E-state index contributed by atoms with van der Waals surface area (Å²) in [6.07, 6.45) is 0. The smallest absolute Gasteiger partial charge is 0.234 e. The molecule has 0 aliphatic heterocycles. The number of thioether (sulfide) groups is 1. The summed E-state index contributed by atoms with van der Waals surface area (Å²) in [5, 5.41) is 3.16. The highest BCUT2D eigenvalue weighted by Gasteiger charge is 2.10. The summed E-state index contributed by atoms with van der Waals surface area (Å²) in [5.74, 6) is -0.0840. The van der Waals surface area contributed by atoms with Gasteiger partial charge in [0.15, 0.2) is 5.82 Å². The third kappa shape index (κ3) is 4.63. The Bertz CT molecular complexity index is 651. The number of hydrogen-bond acceptors (Lipinski definition) is 2. The minimum atomic E-state index is -0.622. The lowest BCUT2D eigenvalue weighted by atomic mass is 10.2. The first kappa shape index (κ1) is 16.1. The van der Waals surface area contributed by atoms with Crippen molar-refractivity contribution in [1.29, 1.82) is 0 Å². The number of anilines is 1. The van der Waals surface area contributed by atoms with Gasteiger partial charge in [-0.2, -0.15) is 0 Å². The number of carbonyl (C=O) groups excluding carboxylic acids is 1. The second kappa shape index (κ2) is 7.69. The Kier molecular flexibility index (Phi) is 5.91. The molecule has 0 aromatic heterocycles. The highest BCUT2D eigenvalue weighted by atomic mass is 35.5. The molecule has 0 aliphatic rings. The lowest BCUT2D eigenvalue weighted by molar-refractivity contribution is -0.113. The summed E-state index contributed by atoms with van der Waals surface area (Å²) < 4.78 is 13.6. The second-order valence-electron chi connectivity index (χ2n) is 4.23. The fourth-order valence-electron chi connectivity index (χ4n) is 1.66. The molecule has 2 nitrogen and oxygen atoms in total. The number of nitrogens with one attached hydrogen (secondary N) is 1. The van der Waals surface area contributed by atoms with Crippen molar-refractivity contribution in [2.24, 2.45) is 0 Å². The molecule has 0 saturated heterocycles. The molecule has 21 heavy (non-hydrogen) atoms. The van der Waals surface area contributed by atoms with Crippen molar-refractivity contribution in [1.82, 2.24) is 0 Å². The van der Waals surface area contributed by atoms with Crippen molar-refractivity contribution >= 4 is 46.6 Å². The third-order valence-corrected chi connectivity index (χ3v) is 4.32. The van der Waals surface area contributed by atoms with Gasteiger partial charge in [-0.1, -0.05) is 47.5 Å². The van der Waals surface area contributed by atoms with E-state index in [1.54, 1.807) is 12.1 Å². The van der Waals surface area contributed by atoms with Gasteiger partial charge in [0.05, 0.1) is 16.5 Å². The van der Waals surface area contributed by atoms with E-state index in [4.69, 9.17) is 23.2 Å². The molecule has 0 unspecified atom stereocenters. The highest BCUT2D eigenvalue weighted by molar-refractivity contribution is 7.99. The molecule has 0 spiro atoms.